The third kappa shape index (κ3) is 2.48. The summed E-state index contributed by atoms with van der Waals surface area (Å²) in [4.78, 5) is 8.92. The predicted octanol–water partition coefficient (Wildman–Crippen LogP) is 3.43. The normalized spacial score (nSPS) is 12.8. The molecule has 0 amide bonds. The van der Waals surface area contributed by atoms with Crippen LogP contribution >= 0.6 is 27.3 Å². The number of halogens is 1. The molecule has 0 aliphatic rings. The van der Waals surface area contributed by atoms with Crippen LogP contribution in [0, 0.1) is 6.92 Å². The fourth-order valence-electron chi connectivity index (χ4n) is 1.76. The van der Waals surface area contributed by atoms with Crippen molar-refractivity contribution in [3.8, 4) is 0 Å². The molecule has 7 heteroatoms. The second-order valence-electron chi connectivity index (χ2n) is 4.25. The highest BCUT2D eigenvalue weighted by Crippen LogP contribution is 2.22. The average molecular weight is 338 g/mol. The van der Waals surface area contributed by atoms with Crippen molar-refractivity contribution in [1.29, 1.82) is 0 Å². The maximum atomic E-state index is 4.46. The van der Waals surface area contributed by atoms with Crippen molar-refractivity contribution in [3.05, 3.63) is 38.9 Å². The van der Waals surface area contributed by atoms with Crippen LogP contribution in [0.5, 0.6) is 0 Å². The highest BCUT2D eigenvalue weighted by atomic mass is 79.9. The van der Waals surface area contributed by atoms with Crippen molar-refractivity contribution in [3.63, 3.8) is 0 Å². The van der Waals surface area contributed by atoms with E-state index >= 15 is 0 Å². The Bertz CT molecular complexity index is 720. The molecule has 3 aromatic heterocycles. The summed E-state index contributed by atoms with van der Waals surface area (Å²) >= 11 is 5.10. The van der Waals surface area contributed by atoms with Crippen molar-refractivity contribution in [1.82, 2.24) is 19.6 Å². The van der Waals surface area contributed by atoms with E-state index in [0.717, 1.165) is 20.8 Å². The molecule has 98 valence electrons. The topological polar surface area (TPSA) is 55.1 Å². The number of hydrogen-bond acceptors (Lipinski definition) is 5. The first kappa shape index (κ1) is 12.6. The first-order chi connectivity index (χ1) is 9.13. The van der Waals surface area contributed by atoms with Gasteiger partial charge in [0.05, 0.1) is 10.5 Å². The Morgan fingerprint density at radius 1 is 1.42 bits per heavy atom. The molecule has 3 heterocycles. The number of nitrogens with zero attached hydrogens (tertiary/aromatic N) is 4. The summed E-state index contributed by atoms with van der Waals surface area (Å²) in [6.45, 7) is 4.05. The van der Waals surface area contributed by atoms with Gasteiger partial charge in [0.25, 0.3) is 0 Å². The lowest BCUT2D eigenvalue weighted by atomic mass is 10.3. The Labute approximate surface area is 122 Å². The molecule has 0 fully saturated rings. The molecular weight excluding hydrogens is 326 g/mol. The van der Waals surface area contributed by atoms with E-state index in [9.17, 15) is 0 Å². The summed E-state index contributed by atoms with van der Waals surface area (Å²) in [6, 6.07) is 3.96. The molecule has 0 saturated heterocycles. The predicted molar refractivity (Wildman–Crippen MR) is 79.6 cm³/mol. The second kappa shape index (κ2) is 4.90. The van der Waals surface area contributed by atoms with Gasteiger partial charge in [-0.05, 0) is 41.9 Å². The summed E-state index contributed by atoms with van der Waals surface area (Å²) in [7, 11) is 0. The van der Waals surface area contributed by atoms with Gasteiger partial charge in [0.2, 0.25) is 5.95 Å². The van der Waals surface area contributed by atoms with Gasteiger partial charge in [0.15, 0.2) is 5.65 Å². The number of anilines is 1. The maximum absolute atomic E-state index is 4.46. The van der Waals surface area contributed by atoms with Gasteiger partial charge in [-0.1, -0.05) is 0 Å². The van der Waals surface area contributed by atoms with E-state index in [0.29, 0.717) is 5.95 Å². The number of rotatable bonds is 3. The summed E-state index contributed by atoms with van der Waals surface area (Å²) in [5, 5.41) is 10.7. The van der Waals surface area contributed by atoms with Crippen molar-refractivity contribution in [2.45, 2.75) is 19.9 Å². The molecule has 19 heavy (non-hydrogen) atoms. The summed E-state index contributed by atoms with van der Waals surface area (Å²) in [6.07, 6.45) is 1.87. The lowest BCUT2D eigenvalue weighted by Crippen LogP contribution is -2.07. The summed E-state index contributed by atoms with van der Waals surface area (Å²) < 4.78 is 2.67. The third-order valence-electron chi connectivity index (χ3n) is 2.67. The molecule has 0 aliphatic carbocycles. The first-order valence-electron chi connectivity index (χ1n) is 5.83. The number of aromatic nitrogens is 4. The van der Waals surface area contributed by atoms with Gasteiger partial charge in [0, 0.05) is 17.3 Å². The van der Waals surface area contributed by atoms with Crippen molar-refractivity contribution in [2.24, 2.45) is 0 Å². The monoisotopic (exact) mass is 337 g/mol. The Balaban J connectivity index is 1.87. The Kier molecular flexibility index (Phi) is 3.24. The Hall–Kier alpha value is -1.47. The molecule has 3 rings (SSSR count). The van der Waals surface area contributed by atoms with Crippen LogP contribution in [0.4, 0.5) is 5.95 Å². The molecule has 3 aromatic rings. The Morgan fingerprint density at radius 2 is 2.26 bits per heavy atom. The van der Waals surface area contributed by atoms with E-state index in [2.05, 4.69) is 43.2 Å². The number of fused-ring (bicyclic) bond motifs is 1. The molecule has 0 radical (unpaired) electrons. The minimum Gasteiger partial charge on any atom is -0.344 e. The third-order valence-corrected chi connectivity index (χ3v) is 4.43. The van der Waals surface area contributed by atoms with E-state index in [-0.39, 0.29) is 6.04 Å². The molecular formula is C12H12BrN5S. The molecule has 5 nitrogen and oxygen atoms in total. The zero-order valence-electron chi connectivity index (χ0n) is 10.5. The Morgan fingerprint density at radius 3 is 2.95 bits per heavy atom. The van der Waals surface area contributed by atoms with E-state index in [1.54, 1.807) is 15.9 Å². The van der Waals surface area contributed by atoms with Gasteiger partial charge < -0.3 is 5.32 Å². The molecule has 0 spiro atoms. The van der Waals surface area contributed by atoms with Gasteiger partial charge >= 0.3 is 0 Å². The molecule has 1 atom stereocenters. The summed E-state index contributed by atoms with van der Waals surface area (Å²) in [5.41, 5.74) is 1.84. The smallest absolute Gasteiger partial charge is 0.243 e. The average Bonchev–Trinajstić information content (AvgIpc) is 2.96. The van der Waals surface area contributed by atoms with Gasteiger partial charge in [-0.3, -0.25) is 0 Å². The van der Waals surface area contributed by atoms with Crippen LogP contribution in [0.2, 0.25) is 0 Å². The molecule has 0 bridgehead atoms. The number of aryl methyl sites for hydroxylation is 1. The van der Waals surface area contributed by atoms with Gasteiger partial charge in [-0.25, -0.2) is 9.50 Å². The van der Waals surface area contributed by atoms with Crippen molar-refractivity contribution in [2.75, 3.05) is 5.32 Å². The maximum Gasteiger partial charge on any atom is 0.243 e. The minimum absolute atomic E-state index is 0.0925. The van der Waals surface area contributed by atoms with Crippen LogP contribution in [-0.4, -0.2) is 19.6 Å². The SMILES string of the molecule is Cc1csc(C(C)Nc2nc3c(Br)cccn3n2)n1. The van der Waals surface area contributed by atoms with E-state index in [1.165, 1.54) is 0 Å². The van der Waals surface area contributed by atoms with Crippen LogP contribution in [0.25, 0.3) is 5.65 Å². The summed E-state index contributed by atoms with van der Waals surface area (Å²) in [5.74, 6) is 0.604. The second-order valence-corrected chi connectivity index (χ2v) is 6.00. The number of pyridine rings is 1. The van der Waals surface area contributed by atoms with E-state index < -0.39 is 0 Å². The number of hydrogen-bond donors (Lipinski definition) is 1. The standard InChI is InChI=1S/C12H12BrN5S/c1-7-6-19-11(14-7)8(2)15-12-16-10-9(13)4-3-5-18(10)17-12/h3-6,8H,1-2H3,(H,15,17). The quantitative estimate of drug-likeness (QED) is 0.795. The molecule has 0 aliphatic heterocycles. The minimum atomic E-state index is 0.0925. The van der Waals surface area contributed by atoms with Gasteiger partial charge in [0.1, 0.15) is 5.01 Å². The van der Waals surface area contributed by atoms with E-state index in [1.807, 2.05) is 30.6 Å². The highest BCUT2D eigenvalue weighted by Gasteiger charge is 2.13. The molecule has 0 aromatic carbocycles. The van der Waals surface area contributed by atoms with Gasteiger partial charge in [-0.2, -0.15) is 4.98 Å². The highest BCUT2D eigenvalue weighted by molar-refractivity contribution is 9.10. The van der Waals surface area contributed by atoms with Crippen molar-refractivity contribution < 1.29 is 0 Å². The van der Waals surface area contributed by atoms with Crippen molar-refractivity contribution >= 4 is 38.9 Å². The fourth-order valence-corrected chi connectivity index (χ4v) is 2.99. The molecule has 1 unspecified atom stereocenters. The lowest BCUT2D eigenvalue weighted by Gasteiger charge is -2.08. The van der Waals surface area contributed by atoms with E-state index in [4.69, 9.17) is 0 Å². The number of thiazole rings is 1. The zero-order chi connectivity index (χ0) is 13.4. The number of nitrogens with one attached hydrogen (secondary N) is 1. The van der Waals surface area contributed by atoms with Crippen LogP contribution in [0.1, 0.15) is 23.7 Å². The van der Waals surface area contributed by atoms with Crippen LogP contribution in [0.15, 0.2) is 28.2 Å². The molecule has 0 saturated carbocycles. The fraction of sp³-hybridized carbons (Fsp3) is 0.250. The first-order valence-corrected chi connectivity index (χ1v) is 7.50. The largest absolute Gasteiger partial charge is 0.344 e. The molecule has 1 N–H and O–H groups in total. The lowest BCUT2D eigenvalue weighted by molar-refractivity contribution is 0.838. The van der Waals surface area contributed by atoms with Gasteiger partial charge in [-0.15, -0.1) is 16.4 Å². The zero-order valence-corrected chi connectivity index (χ0v) is 12.9. The van der Waals surface area contributed by atoms with Crippen LogP contribution < -0.4 is 5.32 Å². The van der Waals surface area contributed by atoms with Crippen LogP contribution in [0.3, 0.4) is 0 Å². The van der Waals surface area contributed by atoms with Crippen LogP contribution in [-0.2, 0) is 0 Å².